The first-order valence-electron chi connectivity index (χ1n) is 19.6. The van der Waals surface area contributed by atoms with Crippen molar-refractivity contribution in [1.82, 2.24) is 15.0 Å². The molecule has 0 spiro atoms. The second-order valence-corrected chi connectivity index (χ2v) is 16.2. The number of hydrogen-bond acceptors (Lipinski definition) is 5. The van der Waals surface area contributed by atoms with Gasteiger partial charge in [0.1, 0.15) is 11.2 Å². The second kappa shape index (κ2) is 12.6. The van der Waals surface area contributed by atoms with Gasteiger partial charge in [0.2, 0.25) is 0 Å². The molecule has 55 heavy (non-hydrogen) atoms. The Hall–Kier alpha value is -6.38. The minimum absolute atomic E-state index is 0.227. The van der Waals surface area contributed by atoms with E-state index < -0.39 is 0 Å². The molecular weight excluding hydrogens is 673 g/mol. The van der Waals surface area contributed by atoms with Crippen molar-refractivity contribution in [3.05, 3.63) is 151 Å². The van der Waals surface area contributed by atoms with Crippen LogP contribution in [0.3, 0.4) is 0 Å². The van der Waals surface area contributed by atoms with Crippen molar-refractivity contribution in [1.29, 1.82) is 5.26 Å². The van der Waals surface area contributed by atoms with Crippen molar-refractivity contribution >= 4 is 21.9 Å². The molecule has 0 aliphatic heterocycles. The normalized spacial score (nSPS) is 21.3. The van der Waals surface area contributed by atoms with Gasteiger partial charge in [-0.3, -0.25) is 0 Å². The summed E-state index contributed by atoms with van der Waals surface area (Å²) in [5, 5.41) is 12.3. The van der Waals surface area contributed by atoms with Crippen LogP contribution >= 0.6 is 0 Å². The maximum absolute atomic E-state index is 10.1. The molecule has 4 aliphatic rings. The van der Waals surface area contributed by atoms with Crippen LogP contribution in [-0.2, 0) is 5.41 Å². The first kappa shape index (κ1) is 32.1. The first-order valence-corrected chi connectivity index (χ1v) is 19.6. The number of para-hydroxylation sites is 2. The summed E-state index contributed by atoms with van der Waals surface area (Å²) in [6.07, 6.45) is 8.04. The molecule has 0 saturated heterocycles. The van der Waals surface area contributed by atoms with E-state index >= 15 is 0 Å². The second-order valence-electron chi connectivity index (χ2n) is 16.2. The van der Waals surface area contributed by atoms with Crippen LogP contribution in [0.4, 0.5) is 0 Å². The van der Waals surface area contributed by atoms with Gasteiger partial charge in [0.15, 0.2) is 17.5 Å². The third-order valence-corrected chi connectivity index (χ3v) is 12.7. The largest absolute Gasteiger partial charge is 0.455 e. The number of fused-ring (bicyclic) bond motifs is 3. The molecule has 0 unspecified atom stereocenters. The number of aromatic nitrogens is 3. The van der Waals surface area contributed by atoms with Crippen LogP contribution in [0.2, 0.25) is 0 Å². The Bertz CT molecular complexity index is 2760. The lowest BCUT2D eigenvalue weighted by molar-refractivity contribution is -0.00517. The number of benzene rings is 6. The Morgan fingerprint density at radius 2 is 1.05 bits per heavy atom. The van der Waals surface area contributed by atoms with E-state index in [1.165, 1.54) is 44.1 Å². The van der Waals surface area contributed by atoms with Gasteiger partial charge in [-0.2, -0.15) is 5.26 Å². The Morgan fingerprint density at radius 1 is 0.509 bits per heavy atom. The summed E-state index contributed by atoms with van der Waals surface area (Å²) in [5.41, 5.74) is 11.2. The molecule has 5 nitrogen and oxygen atoms in total. The van der Waals surface area contributed by atoms with Gasteiger partial charge in [-0.15, -0.1) is 0 Å². The summed E-state index contributed by atoms with van der Waals surface area (Å²) in [4.78, 5) is 15.0. The Labute approximate surface area is 320 Å². The minimum Gasteiger partial charge on any atom is -0.455 e. The van der Waals surface area contributed by atoms with E-state index in [-0.39, 0.29) is 5.41 Å². The summed E-state index contributed by atoms with van der Waals surface area (Å²) in [6, 6.07) is 50.6. The molecule has 2 aromatic heterocycles. The zero-order valence-electron chi connectivity index (χ0n) is 30.5. The van der Waals surface area contributed by atoms with Crippen LogP contribution < -0.4 is 0 Å². The van der Waals surface area contributed by atoms with Crippen LogP contribution in [0.1, 0.15) is 49.7 Å². The molecule has 264 valence electrons. The monoisotopic (exact) mass is 710 g/mol. The van der Waals surface area contributed by atoms with E-state index in [2.05, 4.69) is 91.0 Å². The van der Waals surface area contributed by atoms with Crippen LogP contribution in [0.25, 0.3) is 78.4 Å². The van der Waals surface area contributed by atoms with Crippen molar-refractivity contribution in [3.8, 4) is 62.5 Å². The summed E-state index contributed by atoms with van der Waals surface area (Å²) in [5.74, 6) is 4.40. The predicted octanol–water partition coefficient (Wildman–Crippen LogP) is 12.4. The van der Waals surface area contributed by atoms with Crippen LogP contribution in [-0.4, -0.2) is 15.0 Å². The zero-order valence-corrected chi connectivity index (χ0v) is 30.5. The van der Waals surface area contributed by atoms with Gasteiger partial charge in [0, 0.05) is 33.0 Å². The van der Waals surface area contributed by atoms with Crippen molar-refractivity contribution in [2.45, 2.75) is 43.9 Å². The van der Waals surface area contributed by atoms with Crippen LogP contribution in [0.5, 0.6) is 0 Å². The summed E-state index contributed by atoms with van der Waals surface area (Å²) >= 11 is 0. The Kier molecular flexibility index (Phi) is 7.35. The van der Waals surface area contributed by atoms with Gasteiger partial charge >= 0.3 is 0 Å². The lowest BCUT2D eigenvalue weighted by Gasteiger charge is -2.57. The summed E-state index contributed by atoms with van der Waals surface area (Å²) in [7, 11) is 0. The standard InChI is InChI=1S/C50H38N4O/c51-30-34-24-40(26-41(25-34)50-27-31-21-32(28-50)23-33(22-31)29-50)35-13-17-38(18-14-35)48-52-47(37-7-2-1-3-8-37)53-49(54-48)39-19-15-36(16-20-39)42-10-6-11-44-43-9-4-5-12-45(43)55-46(42)44/h1-20,24-26,31-33H,21-23,27-29H2/t31-,32+,33-,50?. The number of hydrogen-bond donors (Lipinski definition) is 0. The van der Waals surface area contributed by atoms with Crippen LogP contribution in [0.15, 0.2) is 144 Å². The Morgan fingerprint density at radius 3 is 1.69 bits per heavy atom. The summed E-state index contributed by atoms with van der Waals surface area (Å²) in [6.45, 7) is 0. The van der Waals surface area contributed by atoms with Gasteiger partial charge in [-0.05, 0) is 102 Å². The van der Waals surface area contributed by atoms with E-state index in [9.17, 15) is 5.26 Å². The smallest absolute Gasteiger partial charge is 0.164 e. The molecule has 2 heterocycles. The van der Waals surface area contributed by atoms with Gasteiger partial charge in [0.05, 0.1) is 11.6 Å². The fraction of sp³-hybridized carbons (Fsp3) is 0.200. The SMILES string of the molecule is N#Cc1cc(-c2ccc(-c3nc(-c4ccccc4)nc(-c4ccc(-c5cccc6c5oc5ccccc56)cc4)n3)cc2)cc(C23C[C@H]4C[C@@H](C2)C[C@@H](C3)C4)c1. The highest BCUT2D eigenvalue weighted by Crippen LogP contribution is 2.61. The molecular formula is C50H38N4O. The van der Waals surface area contributed by atoms with Crippen molar-refractivity contribution in [2.24, 2.45) is 17.8 Å². The van der Waals surface area contributed by atoms with E-state index in [0.29, 0.717) is 17.5 Å². The topological polar surface area (TPSA) is 75.6 Å². The quantitative estimate of drug-likeness (QED) is 0.172. The number of nitrogens with zero attached hydrogens (tertiary/aromatic N) is 4. The average Bonchev–Trinajstić information content (AvgIpc) is 3.62. The fourth-order valence-electron chi connectivity index (χ4n) is 10.6. The lowest BCUT2D eigenvalue weighted by atomic mass is 9.48. The molecule has 8 aromatic rings. The molecule has 4 bridgehead atoms. The zero-order chi connectivity index (χ0) is 36.5. The van der Waals surface area contributed by atoms with Gasteiger partial charge in [-0.25, -0.2) is 15.0 Å². The van der Waals surface area contributed by atoms with E-state index in [1.54, 1.807) is 0 Å². The van der Waals surface area contributed by atoms with Gasteiger partial charge in [-0.1, -0.05) is 121 Å². The minimum atomic E-state index is 0.227. The molecule has 12 rings (SSSR count). The number of nitriles is 1. The van der Waals surface area contributed by atoms with E-state index in [4.69, 9.17) is 19.4 Å². The maximum atomic E-state index is 10.1. The fourth-order valence-corrected chi connectivity index (χ4v) is 10.6. The third-order valence-electron chi connectivity index (χ3n) is 12.7. The van der Waals surface area contributed by atoms with E-state index in [1.807, 2.05) is 54.6 Å². The number of rotatable bonds is 6. The van der Waals surface area contributed by atoms with E-state index in [0.717, 1.165) is 84.2 Å². The van der Waals surface area contributed by atoms with Gasteiger partial charge in [0.25, 0.3) is 0 Å². The highest BCUT2D eigenvalue weighted by molar-refractivity contribution is 6.09. The molecule has 4 aliphatic carbocycles. The molecule has 4 saturated carbocycles. The molecule has 5 heteroatoms. The van der Waals surface area contributed by atoms with Gasteiger partial charge < -0.3 is 4.42 Å². The predicted molar refractivity (Wildman–Crippen MR) is 219 cm³/mol. The maximum Gasteiger partial charge on any atom is 0.164 e. The first-order chi connectivity index (χ1) is 27.1. The average molecular weight is 711 g/mol. The highest BCUT2D eigenvalue weighted by Gasteiger charge is 2.51. The van der Waals surface area contributed by atoms with Crippen LogP contribution in [0, 0.1) is 29.1 Å². The van der Waals surface area contributed by atoms with Crippen molar-refractivity contribution < 1.29 is 4.42 Å². The van der Waals surface area contributed by atoms with Crippen molar-refractivity contribution in [2.75, 3.05) is 0 Å². The molecule has 0 atom stereocenters. The molecule has 6 aromatic carbocycles. The van der Waals surface area contributed by atoms with Crippen molar-refractivity contribution in [3.63, 3.8) is 0 Å². The lowest BCUT2D eigenvalue weighted by Crippen LogP contribution is -2.48. The Balaban J connectivity index is 0.946. The molecule has 0 N–H and O–H groups in total. The molecule has 4 fully saturated rings. The number of furan rings is 1. The third kappa shape index (κ3) is 5.55. The summed E-state index contributed by atoms with van der Waals surface area (Å²) < 4.78 is 6.34. The highest BCUT2D eigenvalue weighted by atomic mass is 16.3. The molecule has 0 radical (unpaired) electrons. The molecule has 0 amide bonds.